The molecule has 0 unspecified atom stereocenters. The van der Waals surface area contributed by atoms with Crippen molar-refractivity contribution in [3.63, 3.8) is 0 Å². The first-order chi connectivity index (χ1) is 12.2. The Morgan fingerprint density at radius 2 is 1.08 bits per heavy atom. The van der Waals surface area contributed by atoms with E-state index in [-0.39, 0.29) is 0 Å². The molecule has 0 saturated heterocycles. The summed E-state index contributed by atoms with van der Waals surface area (Å²) < 4.78 is 10.5. The Bertz CT molecular complexity index is 818. The second-order valence-corrected chi connectivity index (χ2v) is 6.31. The van der Waals surface area contributed by atoms with Gasteiger partial charge in [0.2, 0.25) is 0 Å². The Kier molecular flexibility index (Phi) is 5.39. The zero-order valence-corrected chi connectivity index (χ0v) is 15.1. The van der Waals surface area contributed by atoms with Crippen LogP contribution in [-0.4, -0.2) is 14.2 Å². The Morgan fingerprint density at radius 3 is 1.60 bits per heavy atom. The van der Waals surface area contributed by atoms with Crippen molar-refractivity contribution in [1.29, 1.82) is 0 Å². The number of methoxy groups -OCH3 is 2. The number of benzene rings is 3. The van der Waals surface area contributed by atoms with Gasteiger partial charge < -0.3 is 9.47 Å². The summed E-state index contributed by atoms with van der Waals surface area (Å²) in [6.45, 7) is 2.18. The molecule has 3 rings (SSSR count). The number of rotatable bonds is 6. The van der Waals surface area contributed by atoms with Gasteiger partial charge in [-0.1, -0.05) is 42.5 Å². The van der Waals surface area contributed by atoms with Gasteiger partial charge in [-0.25, -0.2) is 0 Å². The van der Waals surface area contributed by atoms with Crippen LogP contribution in [0, 0.1) is 6.92 Å². The highest BCUT2D eigenvalue weighted by Gasteiger charge is 2.04. The van der Waals surface area contributed by atoms with Crippen molar-refractivity contribution >= 4 is 0 Å². The predicted octanol–water partition coefficient (Wildman–Crippen LogP) is 5.19. The lowest BCUT2D eigenvalue weighted by Crippen LogP contribution is -1.96. The third-order valence-electron chi connectivity index (χ3n) is 4.53. The molecular formula is C23H24O2. The van der Waals surface area contributed by atoms with Crippen LogP contribution in [0.2, 0.25) is 0 Å². The van der Waals surface area contributed by atoms with Crippen LogP contribution >= 0.6 is 0 Å². The molecule has 0 bridgehead atoms. The first-order valence-corrected chi connectivity index (χ1v) is 8.52. The van der Waals surface area contributed by atoms with E-state index in [2.05, 4.69) is 49.4 Å². The fourth-order valence-corrected chi connectivity index (χ4v) is 2.97. The van der Waals surface area contributed by atoms with Crippen LogP contribution in [0.4, 0.5) is 0 Å². The lowest BCUT2D eigenvalue weighted by molar-refractivity contribution is 0.414. The zero-order chi connectivity index (χ0) is 17.6. The van der Waals surface area contributed by atoms with Crippen molar-refractivity contribution in [1.82, 2.24) is 0 Å². The van der Waals surface area contributed by atoms with Crippen molar-refractivity contribution < 1.29 is 9.47 Å². The molecule has 2 nitrogen and oxygen atoms in total. The molecule has 0 radical (unpaired) electrons. The van der Waals surface area contributed by atoms with Gasteiger partial charge in [0.15, 0.2) is 0 Å². The average molecular weight is 332 g/mol. The molecule has 0 atom stereocenters. The minimum Gasteiger partial charge on any atom is -0.497 e. The van der Waals surface area contributed by atoms with E-state index in [1.54, 1.807) is 14.2 Å². The van der Waals surface area contributed by atoms with Gasteiger partial charge in [-0.3, -0.25) is 0 Å². The van der Waals surface area contributed by atoms with Crippen LogP contribution < -0.4 is 9.47 Å². The third-order valence-corrected chi connectivity index (χ3v) is 4.53. The van der Waals surface area contributed by atoms with Crippen LogP contribution in [0.25, 0.3) is 0 Å². The first-order valence-electron chi connectivity index (χ1n) is 8.52. The molecule has 25 heavy (non-hydrogen) atoms. The molecule has 3 aromatic rings. The maximum absolute atomic E-state index is 5.24. The molecule has 0 N–H and O–H groups in total. The van der Waals surface area contributed by atoms with E-state index in [1.807, 2.05) is 24.3 Å². The van der Waals surface area contributed by atoms with Crippen LogP contribution in [-0.2, 0) is 12.8 Å². The largest absolute Gasteiger partial charge is 0.497 e. The number of aryl methyl sites for hydroxylation is 1. The van der Waals surface area contributed by atoms with E-state index >= 15 is 0 Å². The van der Waals surface area contributed by atoms with Gasteiger partial charge in [0.1, 0.15) is 11.5 Å². The van der Waals surface area contributed by atoms with Gasteiger partial charge in [-0.2, -0.15) is 0 Å². The quantitative estimate of drug-likeness (QED) is 0.618. The Balaban J connectivity index is 1.76. The van der Waals surface area contributed by atoms with Crippen LogP contribution in [0.15, 0.2) is 66.7 Å². The molecule has 0 spiro atoms. The van der Waals surface area contributed by atoms with Crippen LogP contribution in [0.5, 0.6) is 11.5 Å². The number of hydrogen-bond acceptors (Lipinski definition) is 2. The number of hydrogen-bond donors (Lipinski definition) is 0. The maximum atomic E-state index is 5.24. The van der Waals surface area contributed by atoms with E-state index in [9.17, 15) is 0 Å². The first kappa shape index (κ1) is 17.1. The minimum atomic E-state index is 0.896. The predicted molar refractivity (Wildman–Crippen MR) is 103 cm³/mol. The molecule has 3 aromatic carbocycles. The molecule has 0 aliphatic rings. The third kappa shape index (κ3) is 4.42. The summed E-state index contributed by atoms with van der Waals surface area (Å²) in [6.07, 6.45) is 1.87. The maximum Gasteiger partial charge on any atom is 0.118 e. The van der Waals surface area contributed by atoms with Gasteiger partial charge in [0.05, 0.1) is 14.2 Å². The highest BCUT2D eigenvalue weighted by molar-refractivity contribution is 5.39. The monoisotopic (exact) mass is 332 g/mol. The van der Waals surface area contributed by atoms with Crippen molar-refractivity contribution in [2.24, 2.45) is 0 Å². The Morgan fingerprint density at radius 1 is 0.600 bits per heavy atom. The molecule has 0 aliphatic heterocycles. The topological polar surface area (TPSA) is 18.5 Å². The van der Waals surface area contributed by atoms with Crippen molar-refractivity contribution in [2.75, 3.05) is 14.2 Å². The lowest BCUT2D eigenvalue weighted by atomic mass is 9.95. The molecule has 0 fully saturated rings. The summed E-state index contributed by atoms with van der Waals surface area (Å²) in [5.41, 5.74) is 6.62. The fourth-order valence-electron chi connectivity index (χ4n) is 2.97. The highest BCUT2D eigenvalue weighted by Crippen LogP contribution is 2.21. The summed E-state index contributed by atoms with van der Waals surface area (Å²) in [4.78, 5) is 0. The molecule has 0 heterocycles. The summed E-state index contributed by atoms with van der Waals surface area (Å²) in [5.74, 6) is 1.79. The smallest absolute Gasteiger partial charge is 0.118 e. The van der Waals surface area contributed by atoms with Crippen molar-refractivity contribution in [3.05, 3.63) is 94.5 Å². The average Bonchev–Trinajstić information content (AvgIpc) is 2.66. The van der Waals surface area contributed by atoms with Crippen LogP contribution in [0.3, 0.4) is 0 Å². The summed E-state index contributed by atoms with van der Waals surface area (Å²) >= 11 is 0. The van der Waals surface area contributed by atoms with Gasteiger partial charge in [0, 0.05) is 0 Å². The van der Waals surface area contributed by atoms with E-state index in [0.29, 0.717) is 0 Å². The van der Waals surface area contributed by atoms with Crippen molar-refractivity contribution in [3.8, 4) is 11.5 Å². The molecule has 0 amide bonds. The second-order valence-electron chi connectivity index (χ2n) is 6.31. The molecule has 0 aliphatic carbocycles. The van der Waals surface area contributed by atoms with E-state index in [4.69, 9.17) is 9.47 Å². The van der Waals surface area contributed by atoms with E-state index < -0.39 is 0 Å². The highest BCUT2D eigenvalue weighted by atomic mass is 16.5. The van der Waals surface area contributed by atoms with Crippen molar-refractivity contribution in [2.45, 2.75) is 19.8 Å². The molecule has 0 aromatic heterocycles. The SMILES string of the molecule is COc1ccc(Cc2ccc(C)c(Cc3ccc(OC)cc3)c2)cc1. The lowest BCUT2D eigenvalue weighted by Gasteiger charge is -2.10. The summed E-state index contributed by atoms with van der Waals surface area (Å²) in [7, 11) is 3.39. The Labute approximate surface area is 150 Å². The Hall–Kier alpha value is -2.74. The molecule has 0 saturated carbocycles. The molecular weight excluding hydrogens is 308 g/mol. The van der Waals surface area contributed by atoms with E-state index in [1.165, 1.54) is 27.8 Å². The zero-order valence-electron chi connectivity index (χ0n) is 15.1. The minimum absolute atomic E-state index is 0.896. The molecule has 2 heteroatoms. The van der Waals surface area contributed by atoms with Gasteiger partial charge >= 0.3 is 0 Å². The second kappa shape index (κ2) is 7.89. The number of ether oxygens (including phenoxy) is 2. The van der Waals surface area contributed by atoms with Gasteiger partial charge in [-0.15, -0.1) is 0 Å². The van der Waals surface area contributed by atoms with Gasteiger partial charge in [0.25, 0.3) is 0 Å². The summed E-state index contributed by atoms with van der Waals surface area (Å²) in [5, 5.41) is 0. The summed E-state index contributed by atoms with van der Waals surface area (Å²) in [6, 6.07) is 23.4. The normalized spacial score (nSPS) is 10.5. The van der Waals surface area contributed by atoms with Crippen LogP contribution in [0.1, 0.15) is 27.8 Å². The van der Waals surface area contributed by atoms with E-state index in [0.717, 1.165) is 24.3 Å². The fraction of sp³-hybridized carbons (Fsp3) is 0.217. The molecule has 128 valence electrons. The standard InChI is InChI=1S/C23H24O2/c1-17-4-5-20(14-18-6-10-22(24-2)11-7-18)16-21(17)15-19-8-12-23(25-3)13-9-19/h4-13,16H,14-15H2,1-3H3. The van der Waals surface area contributed by atoms with Gasteiger partial charge in [-0.05, 0) is 71.8 Å².